The van der Waals surface area contributed by atoms with Gasteiger partial charge < -0.3 is 16.8 Å². The molecule has 0 atom stereocenters. The Morgan fingerprint density at radius 2 is 1.05 bits per heavy atom. The van der Waals surface area contributed by atoms with E-state index in [1.54, 1.807) is 48.5 Å². The van der Waals surface area contributed by atoms with Crippen LogP contribution < -0.4 is 16.8 Å². The second-order valence-electron chi connectivity index (χ2n) is 9.57. The second kappa shape index (κ2) is 8.97. The van der Waals surface area contributed by atoms with Gasteiger partial charge in [0.25, 0.3) is 23.6 Å². The van der Waals surface area contributed by atoms with E-state index in [2.05, 4.69) is 5.32 Å². The predicted octanol–water partition coefficient (Wildman–Crippen LogP) is 3.03. The van der Waals surface area contributed by atoms with Crippen molar-refractivity contribution in [3.05, 3.63) is 82.9 Å². The van der Waals surface area contributed by atoms with Crippen LogP contribution in [0.1, 0.15) is 47.9 Å². The van der Waals surface area contributed by atoms with Crippen LogP contribution in [-0.4, -0.2) is 59.6 Å². The molecule has 38 heavy (non-hydrogen) atoms. The Hall–Kier alpha value is -4.76. The van der Waals surface area contributed by atoms with Crippen LogP contribution in [0.25, 0.3) is 21.5 Å². The molecule has 0 spiro atoms. The van der Waals surface area contributed by atoms with Crippen LogP contribution >= 0.6 is 0 Å². The van der Waals surface area contributed by atoms with Crippen molar-refractivity contribution in [2.75, 3.05) is 37.6 Å². The monoisotopic (exact) mass is 507 g/mol. The van der Waals surface area contributed by atoms with Crippen molar-refractivity contribution in [2.45, 2.75) is 6.42 Å². The lowest BCUT2D eigenvalue weighted by atomic mass is 9.93. The van der Waals surface area contributed by atoms with Crippen molar-refractivity contribution in [1.29, 1.82) is 0 Å². The Balaban J connectivity index is 1.08. The number of benzene rings is 4. The van der Waals surface area contributed by atoms with Gasteiger partial charge in [0.1, 0.15) is 0 Å². The van der Waals surface area contributed by atoms with Crippen LogP contribution in [0, 0.1) is 0 Å². The van der Waals surface area contributed by atoms with Crippen molar-refractivity contribution in [3.8, 4) is 0 Å². The molecule has 0 saturated heterocycles. The molecule has 9 nitrogen and oxygen atoms in total. The number of amides is 4. The van der Waals surface area contributed by atoms with Gasteiger partial charge in [-0.15, -0.1) is 0 Å². The number of carbonyl (C=O) groups is 4. The summed E-state index contributed by atoms with van der Waals surface area (Å²) in [5, 5.41) is 6.02. The van der Waals surface area contributed by atoms with Gasteiger partial charge in [-0.3, -0.25) is 29.0 Å². The van der Waals surface area contributed by atoms with E-state index in [-0.39, 0.29) is 36.7 Å². The molecule has 6 rings (SSSR count). The highest BCUT2D eigenvalue weighted by atomic mass is 16.2. The lowest BCUT2D eigenvalue weighted by Crippen LogP contribution is -2.44. The molecule has 0 aliphatic carbocycles. The van der Waals surface area contributed by atoms with Crippen LogP contribution in [0.2, 0.25) is 0 Å². The molecule has 4 amide bonds. The van der Waals surface area contributed by atoms with Crippen LogP contribution in [0.3, 0.4) is 0 Å². The van der Waals surface area contributed by atoms with E-state index in [9.17, 15) is 19.2 Å². The van der Waals surface area contributed by atoms with Crippen LogP contribution in [-0.2, 0) is 0 Å². The normalized spacial score (nSPS) is 14.7. The fourth-order valence-electron chi connectivity index (χ4n) is 5.45. The number of hydrogen-bond donors (Lipinski definition) is 3. The predicted molar refractivity (Wildman–Crippen MR) is 145 cm³/mol. The molecule has 2 aliphatic rings. The van der Waals surface area contributed by atoms with Crippen molar-refractivity contribution in [2.24, 2.45) is 0 Å². The Morgan fingerprint density at radius 1 is 0.579 bits per heavy atom. The highest BCUT2D eigenvalue weighted by molar-refractivity contribution is 6.27. The zero-order valence-corrected chi connectivity index (χ0v) is 20.5. The first-order valence-electron chi connectivity index (χ1n) is 12.4. The lowest BCUT2D eigenvalue weighted by molar-refractivity contribution is 0.0589. The van der Waals surface area contributed by atoms with Gasteiger partial charge in [0.05, 0.1) is 11.1 Å². The zero-order valence-electron chi connectivity index (χ0n) is 20.5. The van der Waals surface area contributed by atoms with Gasteiger partial charge in [-0.25, -0.2) is 0 Å². The minimum Gasteiger partial charge on any atom is -0.399 e. The molecule has 190 valence electrons. The molecule has 0 radical (unpaired) electrons. The summed E-state index contributed by atoms with van der Waals surface area (Å²) < 4.78 is 0. The van der Waals surface area contributed by atoms with E-state index >= 15 is 0 Å². The minimum atomic E-state index is -0.371. The number of nitrogens with zero attached hydrogens (tertiary/aromatic N) is 2. The summed E-state index contributed by atoms with van der Waals surface area (Å²) in [6, 6.07) is 17.4. The maximum Gasteiger partial charge on any atom is 0.261 e. The molecule has 5 N–H and O–H groups in total. The third-order valence-corrected chi connectivity index (χ3v) is 7.15. The maximum absolute atomic E-state index is 13.1. The molecule has 4 aromatic carbocycles. The first kappa shape index (κ1) is 23.6. The number of rotatable bonds is 7. The van der Waals surface area contributed by atoms with Crippen LogP contribution in [0.15, 0.2) is 60.7 Å². The fourth-order valence-corrected chi connectivity index (χ4v) is 5.45. The van der Waals surface area contributed by atoms with E-state index in [1.165, 1.54) is 9.80 Å². The summed E-state index contributed by atoms with van der Waals surface area (Å²) in [4.78, 5) is 54.8. The molecule has 2 heterocycles. The van der Waals surface area contributed by atoms with Gasteiger partial charge in [-0.2, -0.15) is 0 Å². The van der Waals surface area contributed by atoms with Crippen molar-refractivity contribution in [1.82, 2.24) is 15.1 Å². The molecule has 4 aromatic rings. The number of anilines is 2. The molecule has 0 aromatic heterocycles. The lowest BCUT2D eigenvalue weighted by Gasteiger charge is -2.28. The highest BCUT2D eigenvalue weighted by Gasteiger charge is 2.34. The van der Waals surface area contributed by atoms with Crippen molar-refractivity contribution >= 4 is 56.5 Å². The smallest absolute Gasteiger partial charge is 0.261 e. The van der Waals surface area contributed by atoms with E-state index in [0.29, 0.717) is 63.9 Å². The number of nitrogens with one attached hydrogen (secondary N) is 1. The van der Waals surface area contributed by atoms with Gasteiger partial charge in [0, 0.05) is 52.9 Å². The molecule has 0 saturated carbocycles. The number of hydrogen-bond acceptors (Lipinski definition) is 7. The number of carbonyl (C=O) groups excluding carboxylic acids is 4. The van der Waals surface area contributed by atoms with Gasteiger partial charge >= 0.3 is 0 Å². The summed E-state index contributed by atoms with van der Waals surface area (Å²) in [7, 11) is 0. The summed E-state index contributed by atoms with van der Waals surface area (Å²) in [6.45, 7) is 1.26. The van der Waals surface area contributed by atoms with E-state index in [1.807, 2.05) is 12.1 Å². The van der Waals surface area contributed by atoms with E-state index in [4.69, 9.17) is 11.5 Å². The zero-order chi connectivity index (χ0) is 26.6. The molecular weight excluding hydrogens is 482 g/mol. The van der Waals surface area contributed by atoms with Crippen molar-refractivity contribution < 1.29 is 19.2 Å². The molecular formula is C29H25N5O4. The van der Waals surface area contributed by atoms with E-state index < -0.39 is 0 Å². The SMILES string of the molecule is Nc1cc2c3c(cccc3c1)C(=O)N(CCCNCCN1C(=O)c3cccc4cc(N)cc(c34)C1=O)C2=O. The molecule has 0 fully saturated rings. The Labute approximate surface area is 218 Å². The van der Waals surface area contributed by atoms with E-state index in [0.717, 1.165) is 10.8 Å². The molecule has 9 heteroatoms. The van der Waals surface area contributed by atoms with Gasteiger partial charge in [-0.05, 0) is 60.1 Å². The average Bonchev–Trinajstić information content (AvgIpc) is 2.90. The fraction of sp³-hybridized carbons (Fsp3) is 0.172. The third-order valence-electron chi connectivity index (χ3n) is 7.15. The highest BCUT2D eigenvalue weighted by Crippen LogP contribution is 2.33. The van der Waals surface area contributed by atoms with Gasteiger partial charge in [-0.1, -0.05) is 24.3 Å². The Kier molecular flexibility index (Phi) is 5.57. The van der Waals surface area contributed by atoms with Crippen LogP contribution in [0.4, 0.5) is 11.4 Å². The number of nitrogen functional groups attached to an aromatic ring is 2. The summed E-state index contributed by atoms with van der Waals surface area (Å²) >= 11 is 0. The molecule has 0 unspecified atom stereocenters. The average molecular weight is 508 g/mol. The third kappa shape index (κ3) is 3.67. The Bertz CT molecular complexity index is 1570. The quantitative estimate of drug-likeness (QED) is 0.199. The minimum absolute atomic E-state index is 0.179. The van der Waals surface area contributed by atoms with Crippen molar-refractivity contribution in [3.63, 3.8) is 0 Å². The first-order valence-corrected chi connectivity index (χ1v) is 12.4. The first-order chi connectivity index (χ1) is 18.3. The summed E-state index contributed by atoms with van der Waals surface area (Å²) in [5.41, 5.74) is 14.7. The van der Waals surface area contributed by atoms with Crippen LogP contribution in [0.5, 0.6) is 0 Å². The number of imide groups is 2. The summed E-state index contributed by atoms with van der Waals surface area (Å²) in [6.07, 6.45) is 0.506. The Morgan fingerprint density at radius 3 is 1.58 bits per heavy atom. The second-order valence-corrected chi connectivity index (χ2v) is 9.57. The van der Waals surface area contributed by atoms with Gasteiger partial charge in [0.2, 0.25) is 0 Å². The topological polar surface area (TPSA) is 139 Å². The molecule has 2 aliphatic heterocycles. The molecule has 0 bridgehead atoms. The van der Waals surface area contributed by atoms with Gasteiger partial charge in [0.15, 0.2) is 0 Å². The summed E-state index contributed by atoms with van der Waals surface area (Å²) in [5.74, 6) is -1.39. The maximum atomic E-state index is 13.1. The standard InChI is InChI=1S/C29H25N5O4/c30-18-12-16-4-1-6-20-24(16)22(14-18)28(37)33(26(20)35)10-3-8-32-9-11-34-27(36)21-7-2-5-17-13-19(31)15-23(25(17)21)29(34)38/h1-2,4-7,12-15,32H,3,8-11,30-31H2. The number of nitrogens with two attached hydrogens (primary N) is 2. The largest absolute Gasteiger partial charge is 0.399 e.